The minimum Gasteiger partial charge on any atom is -0.404 e. The fourth-order valence-electron chi connectivity index (χ4n) is 3.98. The molecule has 2 heterocycles. The van der Waals surface area contributed by atoms with E-state index >= 15 is 0 Å². The Kier molecular flexibility index (Phi) is 6.32. The number of nitrogens with one attached hydrogen (secondary N) is 2. The number of nitrogens with zero attached hydrogens (tertiary/aromatic N) is 1. The topological polar surface area (TPSA) is 93.1 Å². The predicted octanol–water partition coefficient (Wildman–Crippen LogP) is 3.83. The number of halogens is 2. The minimum absolute atomic E-state index is 0.0231. The highest BCUT2D eigenvalue weighted by atomic mass is 19.1. The Bertz CT molecular complexity index is 1200. The Morgan fingerprint density at radius 1 is 1.22 bits per heavy atom. The van der Waals surface area contributed by atoms with Crippen LogP contribution in [0.2, 0.25) is 0 Å². The van der Waals surface area contributed by atoms with Gasteiger partial charge in [0, 0.05) is 54.4 Å². The number of amides is 1. The molecule has 1 saturated heterocycles. The van der Waals surface area contributed by atoms with Crippen LogP contribution in [0.4, 0.5) is 8.78 Å². The molecule has 0 bridgehead atoms. The molecule has 1 aromatic heterocycles. The van der Waals surface area contributed by atoms with Gasteiger partial charge in [-0.25, -0.2) is 8.78 Å². The van der Waals surface area contributed by atoms with E-state index in [9.17, 15) is 13.6 Å². The molecule has 2 aromatic carbocycles. The van der Waals surface area contributed by atoms with Crippen LogP contribution in [0.1, 0.15) is 34.3 Å². The Hall–Kier alpha value is -3.52. The molecule has 0 aliphatic carbocycles. The number of hydrogen-bond acceptors (Lipinski definition) is 4. The summed E-state index contributed by atoms with van der Waals surface area (Å²) in [5.41, 5.74) is 7.47. The summed E-state index contributed by atoms with van der Waals surface area (Å²) in [6.45, 7) is 1.27. The average molecular weight is 438 g/mol. The molecule has 0 atom stereocenters. The van der Waals surface area contributed by atoms with Gasteiger partial charge in [-0.1, -0.05) is 18.2 Å². The molecule has 0 spiro atoms. The van der Waals surface area contributed by atoms with Crippen LogP contribution in [0.15, 0.2) is 48.8 Å². The molecule has 1 amide bonds. The number of benzene rings is 2. The number of aromatic nitrogens is 1. The molecule has 0 radical (unpaired) electrons. The van der Waals surface area contributed by atoms with Gasteiger partial charge >= 0.3 is 0 Å². The minimum atomic E-state index is -0.502. The third-order valence-corrected chi connectivity index (χ3v) is 5.72. The molecule has 0 unspecified atom stereocenters. The van der Waals surface area contributed by atoms with Gasteiger partial charge in [-0.3, -0.25) is 4.79 Å². The number of hydrogen-bond donors (Lipinski definition) is 3. The summed E-state index contributed by atoms with van der Waals surface area (Å²) in [4.78, 5) is 13.0. The van der Waals surface area contributed by atoms with Crippen molar-refractivity contribution in [2.45, 2.75) is 25.4 Å². The van der Waals surface area contributed by atoms with Gasteiger partial charge in [-0.2, -0.15) is 0 Å². The van der Waals surface area contributed by atoms with Gasteiger partial charge in [0.05, 0.1) is 17.6 Å². The number of rotatable bonds is 6. The Balaban J connectivity index is 1.67. The monoisotopic (exact) mass is 438 g/mol. The first-order valence-electron chi connectivity index (χ1n) is 10.4. The van der Waals surface area contributed by atoms with Crippen LogP contribution in [0.5, 0.6) is 0 Å². The van der Waals surface area contributed by atoms with E-state index in [0.29, 0.717) is 48.3 Å². The lowest BCUT2D eigenvalue weighted by Crippen LogP contribution is -2.38. The van der Waals surface area contributed by atoms with Crippen molar-refractivity contribution >= 4 is 28.6 Å². The first kappa shape index (κ1) is 21.7. The quantitative estimate of drug-likeness (QED) is 0.511. The number of nitrogens with two attached hydrogens (primary N) is 1. The summed E-state index contributed by atoms with van der Waals surface area (Å²) in [5, 5.41) is 10.5. The largest absolute Gasteiger partial charge is 0.404 e. The zero-order valence-electron chi connectivity index (χ0n) is 17.4. The SMILES string of the molecule is N=C/C(=C\N)c1ccc(Cn2cc(C(=O)NC3CCOCC3)c3c(F)cccc32)c(F)c1. The van der Waals surface area contributed by atoms with E-state index in [2.05, 4.69) is 5.32 Å². The molecule has 6 nitrogen and oxygen atoms in total. The number of ether oxygens (including phenoxy) is 1. The van der Waals surface area contributed by atoms with Gasteiger partial charge in [-0.05, 0) is 36.6 Å². The first-order chi connectivity index (χ1) is 15.5. The fourth-order valence-corrected chi connectivity index (χ4v) is 3.98. The zero-order chi connectivity index (χ0) is 22.7. The van der Waals surface area contributed by atoms with Crippen molar-refractivity contribution in [3.63, 3.8) is 0 Å². The molecule has 0 saturated carbocycles. The summed E-state index contributed by atoms with van der Waals surface area (Å²) < 4.78 is 36.5. The van der Waals surface area contributed by atoms with E-state index in [0.717, 1.165) is 6.21 Å². The molecule has 1 aliphatic heterocycles. The Labute approximate surface area is 184 Å². The van der Waals surface area contributed by atoms with E-state index in [1.807, 2.05) is 0 Å². The highest BCUT2D eigenvalue weighted by molar-refractivity contribution is 6.08. The second-order valence-corrected chi connectivity index (χ2v) is 7.74. The normalized spacial score (nSPS) is 15.1. The number of carbonyl (C=O) groups is 1. The number of allylic oxidation sites excluding steroid dienone is 1. The molecule has 3 aromatic rings. The Morgan fingerprint density at radius 2 is 2.00 bits per heavy atom. The molecular formula is C24H24F2N4O2. The summed E-state index contributed by atoms with van der Waals surface area (Å²) in [6.07, 6.45) is 5.28. The van der Waals surface area contributed by atoms with Crippen molar-refractivity contribution in [3.8, 4) is 0 Å². The van der Waals surface area contributed by atoms with Crippen molar-refractivity contribution < 1.29 is 18.3 Å². The molecule has 32 heavy (non-hydrogen) atoms. The highest BCUT2D eigenvalue weighted by Gasteiger charge is 2.22. The highest BCUT2D eigenvalue weighted by Crippen LogP contribution is 2.27. The summed E-state index contributed by atoms with van der Waals surface area (Å²) >= 11 is 0. The van der Waals surface area contributed by atoms with Crippen LogP contribution < -0.4 is 11.1 Å². The van der Waals surface area contributed by atoms with Crippen LogP contribution >= 0.6 is 0 Å². The van der Waals surface area contributed by atoms with Crippen molar-refractivity contribution in [2.75, 3.05) is 13.2 Å². The van der Waals surface area contributed by atoms with Crippen LogP contribution in [0, 0.1) is 17.0 Å². The second kappa shape index (κ2) is 9.32. The summed E-state index contributed by atoms with van der Waals surface area (Å²) in [6, 6.07) is 9.15. The van der Waals surface area contributed by atoms with Crippen LogP contribution in [0.25, 0.3) is 16.5 Å². The predicted molar refractivity (Wildman–Crippen MR) is 120 cm³/mol. The standard InChI is InChI=1S/C24H24F2N4O2/c25-20-2-1-3-22-23(20)19(24(31)29-18-6-8-32-9-7-18)14-30(22)13-16-5-4-15(10-21(16)26)17(11-27)12-28/h1-5,10-12,14,18,27H,6-9,13,28H2,(H,29,31)/b17-12+,27-11?. The third kappa shape index (κ3) is 4.27. The van der Waals surface area contributed by atoms with Gasteiger partial charge in [0.2, 0.25) is 0 Å². The second-order valence-electron chi connectivity index (χ2n) is 7.74. The van der Waals surface area contributed by atoms with Crippen molar-refractivity contribution in [3.05, 3.63) is 77.1 Å². The van der Waals surface area contributed by atoms with Crippen molar-refractivity contribution in [1.29, 1.82) is 5.41 Å². The Morgan fingerprint density at radius 3 is 2.69 bits per heavy atom. The van der Waals surface area contributed by atoms with E-state index in [1.54, 1.807) is 35.0 Å². The van der Waals surface area contributed by atoms with Crippen molar-refractivity contribution in [2.24, 2.45) is 5.73 Å². The maximum atomic E-state index is 14.8. The van der Waals surface area contributed by atoms with E-state index < -0.39 is 11.6 Å². The molecule has 8 heteroatoms. The van der Waals surface area contributed by atoms with Crippen LogP contribution in [-0.4, -0.2) is 35.9 Å². The van der Waals surface area contributed by atoms with Crippen LogP contribution in [0.3, 0.4) is 0 Å². The molecule has 1 aliphatic rings. The van der Waals surface area contributed by atoms with Gasteiger partial charge in [0.15, 0.2) is 0 Å². The van der Waals surface area contributed by atoms with E-state index in [-0.39, 0.29) is 29.4 Å². The van der Waals surface area contributed by atoms with Gasteiger partial charge in [0.25, 0.3) is 5.91 Å². The lowest BCUT2D eigenvalue weighted by Gasteiger charge is -2.22. The molecule has 4 N–H and O–H groups in total. The van der Waals surface area contributed by atoms with Gasteiger partial charge in [0.1, 0.15) is 11.6 Å². The fraction of sp³-hybridized carbons (Fsp3) is 0.250. The van der Waals surface area contributed by atoms with Crippen LogP contribution in [-0.2, 0) is 11.3 Å². The number of carbonyl (C=O) groups excluding carboxylic acids is 1. The zero-order valence-corrected chi connectivity index (χ0v) is 17.4. The lowest BCUT2D eigenvalue weighted by atomic mass is 10.0. The summed E-state index contributed by atoms with van der Waals surface area (Å²) in [7, 11) is 0. The van der Waals surface area contributed by atoms with E-state index in [1.165, 1.54) is 18.3 Å². The maximum Gasteiger partial charge on any atom is 0.253 e. The molecule has 166 valence electrons. The molecule has 4 rings (SSSR count). The third-order valence-electron chi connectivity index (χ3n) is 5.72. The molecular weight excluding hydrogens is 414 g/mol. The van der Waals surface area contributed by atoms with Gasteiger partial charge < -0.3 is 25.8 Å². The smallest absolute Gasteiger partial charge is 0.253 e. The lowest BCUT2D eigenvalue weighted by molar-refractivity contribution is 0.0697. The van der Waals surface area contributed by atoms with E-state index in [4.69, 9.17) is 15.9 Å². The maximum absolute atomic E-state index is 14.8. The average Bonchev–Trinajstić information content (AvgIpc) is 3.17. The van der Waals surface area contributed by atoms with Crippen molar-refractivity contribution in [1.82, 2.24) is 9.88 Å². The summed E-state index contributed by atoms with van der Waals surface area (Å²) in [5.74, 6) is -1.33. The molecule has 1 fully saturated rings. The number of fused-ring (bicyclic) bond motifs is 1. The first-order valence-corrected chi connectivity index (χ1v) is 10.4. The van der Waals surface area contributed by atoms with Gasteiger partial charge in [-0.15, -0.1) is 0 Å².